The number of hydrazine groups is 1. The van der Waals surface area contributed by atoms with Crippen LogP contribution in [0.2, 0.25) is 0 Å². The molecule has 8 nitrogen and oxygen atoms in total. The van der Waals surface area contributed by atoms with Crippen molar-refractivity contribution in [2.45, 2.75) is 20.3 Å². The summed E-state index contributed by atoms with van der Waals surface area (Å²) in [5.41, 5.74) is 2.15. The van der Waals surface area contributed by atoms with Crippen LogP contribution in [0.3, 0.4) is 0 Å². The zero-order valence-electron chi connectivity index (χ0n) is 13.0. The highest BCUT2D eigenvalue weighted by Gasteiger charge is 2.23. The summed E-state index contributed by atoms with van der Waals surface area (Å²) in [7, 11) is 5.97. The first kappa shape index (κ1) is 22.3. The van der Waals surface area contributed by atoms with Crippen molar-refractivity contribution in [1.29, 1.82) is 0 Å². The molecule has 1 aliphatic heterocycles. The third kappa shape index (κ3) is 9.56. The number of carbonyl (C=O) groups is 3. The Labute approximate surface area is 130 Å². The van der Waals surface area contributed by atoms with Crippen molar-refractivity contribution in [2.75, 3.05) is 33.3 Å². The van der Waals surface area contributed by atoms with Crippen LogP contribution in [0.4, 0.5) is 4.79 Å². The molecule has 124 valence electrons. The van der Waals surface area contributed by atoms with Crippen LogP contribution in [-0.2, 0) is 14.2 Å². The van der Waals surface area contributed by atoms with E-state index in [0.29, 0.717) is 13.0 Å². The van der Waals surface area contributed by atoms with Gasteiger partial charge in [-0.1, -0.05) is 6.66 Å². The first-order chi connectivity index (χ1) is 9.97. The van der Waals surface area contributed by atoms with E-state index in [1.807, 2.05) is 13.6 Å². The van der Waals surface area contributed by atoms with Gasteiger partial charge < -0.3 is 4.90 Å². The Morgan fingerprint density at radius 3 is 2.38 bits per heavy atom. The van der Waals surface area contributed by atoms with Crippen LogP contribution in [0.5, 0.6) is 0 Å². The predicted octanol–water partition coefficient (Wildman–Crippen LogP) is 0.473. The lowest BCUT2D eigenvalue weighted by molar-refractivity contribution is -0.133. The summed E-state index contributed by atoms with van der Waals surface area (Å²) in [6.07, 6.45) is 1.43. The molecular formula is C11H26N4O4P2. The topological polar surface area (TPSA) is 82.2 Å². The summed E-state index contributed by atoms with van der Waals surface area (Å²) >= 11 is 0. The number of carbonyl (C=O) groups excluding carboxylic acids is 3. The Balaban J connectivity index is 0. The monoisotopic (exact) mass is 340 g/mol. The molecule has 10 heteroatoms. The van der Waals surface area contributed by atoms with Crippen molar-refractivity contribution < 1.29 is 19.0 Å². The minimum Gasteiger partial charge on any atom is -0.323 e. The average molecular weight is 340 g/mol. The Hall–Kier alpha value is -0.970. The van der Waals surface area contributed by atoms with E-state index in [0.717, 1.165) is 24.5 Å². The Bertz CT molecular complexity index is 307. The number of hydrogen-bond donors (Lipinski definition) is 1. The fourth-order valence-corrected chi connectivity index (χ4v) is 1.51. The van der Waals surface area contributed by atoms with Gasteiger partial charge in [0.1, 0.15) is 0 Å². The second-order valence-electron chi connectivity index (χ2n) is 3.75. The molecule has 1 N–H and O–H groups in total. The summed E-state index contributed by atoms with van der Waals surface area (Å²) in [5, 5.41) is 2.45. The highest BCUT2D eigenvalue weighted by Crippen LogP contribution is 2.10. The SMILES string of the molecule is CC(=O)N(C)NC=O.CCN1CCCN(OP)C1=O.CP. The average Bonchev–Trinajstić information content (AvgIpc) is 2.50. The molecular weight excluding hydrogens is 314 g/mol. The molecule has 1 saturated heterocycles. The standard InChI is InChI=1S/C6H13N2O2P.C4H8N2O2.CH5P/c1-2-7-4-3-5-8(10-11)6(7)9;1-4(8)6(2)5-3-7;1-2/h2-5,11H2,1H3;3H,1-2H3,(H,5,7);2H2,1H3. The molecule has 0 aliphatic carbocycles. The quantitative estimate of drug-likeness (QED) is 0.458. The summed E-state index contributed by atoms with van der Waals surface area (Å²) < 4.78 is 4.79. The van der Waals surface area contributed by atoms with E-state index in [4.69, 9.17) is 4.62 Å². The van der Waals surface area contributed by atoms with Gasteiger partial charge in [0, 0.05) is 36.5 Å². The minimum atomic E-state index is -0.197. The molecule has 2 unspecified atom stereocenters. The highest BCUT2D eigenvalue weighted by atomic mass is 31.0. The minimum absolute atomic E-state index is 0.0336. The van der Waals surface area contributed by atoms with Gasteiger partial charge in [0.25, 0.3) is 0 Å². The number of nitrogens with one attached hydrogen (secondary N) is 1. The molecule has 0 spiro atoms. The number of rotatable bonds is 4. The highest BCUT2D eigenvalue weighted by molar-refractivity contribution is 7.15. The van der Waals surface area contributed by atoms with Crippen molar-refractivity contribution in [2.24, 2.45) is 0 Å². The van der Waals surface area contributed by atoms with E-state index in [1.165, 1.54) is 19.0 Å². The van der Waals surface area contributed by atoms with Gasteiger partial charge >= 0.3 is 6.03 Å². The Kier molecular flexibility index (Phi) is 14.9. The lowest BCUT2D eigenvalue weighted by atomic mass is 10.3. The van der Waals surface area contributed by atoms with Crippen LogP contribution in [-0.4, -0.2) is 66.7 Å². The number of hydrogen-bond acceptors (Lipinski definition) is 4. The maximum atomic E-state index is 11.3. The van der Waals surface area contributed by atoms with Crippen LogP contribution in [0, 0.1) is 0 Å². The van der Waals surface area contributed by atoms with Crippen molar-refractivity contribution in [1.82, 2.24) is 20.4 Å². The molecule has 1 aliphatic rings. The van der Waals surface area contributed by atoms with E-state index in [1.54, 1.807) is 4.90 Å². The molecule has 4 amide bonds. The molecule has 0 bridgehead atoms. The predicted molar refractivity (Wildman–Crippen MR) is 88.0 cm³/mol. The van der Waals surface area contributed by atoms with Gasteiger partial charge in [-0.2, -0.15) is 0 Å². The second-order valence-corrected chi connectivity index (χ2v) is 3.96. The van der Waals surface area contributed by atoms with Crippen molar-refractivity contribution in [3.05, 3.63) is 0 Å². The summed E-state index contributed by atoms with van der Waals surface area (Å²) in [4.78, 5) is 32.9. The summed E-state index contributed by atoms with van der Waals surface area (Å²) in [6.45, 7) is 7.53. The van der Waals surface area contributed by atoms with E-state index in [9.17, 15) is 14.4 Å². The van der Waals surface area contributed by atoms with Crippen LogP contribution in [0.1, 0.15) is 20.3 Å². The zero-order valence-corrected chi connectivity index (χ0v) is 15.3. The number of urea groups is 1. The largest absolute Gasteiger partial charge is 0.344 e. The van der Waals surface area contributed by atoms with Gasteiger partial charge in [-0.15, -0.1) is 9.24 Å². The molecule has 0 aromatic carbocycles. The van der Waals surface area contributed by atoms with Gasteiger partial charge in [-0.05, 0) is 13.3 Å². The lowest BCUT2D eigenvalue weighted by Crippen LogP contribution is -2.47. The van der Waals surface area contributed by atoms with Crippen molar-refractivity contribution in [3.8, 4) is 0 Å². The van der Waals surface area contributed by atoms with Crippen LogP contribution < -0.4 is 5.43 Å². The van der Waals surface area contributed by atoms with Crippen LogP contribution >= 0.6 is 18.7 Å². The van der Waals surface area contributed by atoms with Gasteiger partial charge in [0.15, 0.2) is 0 Å². The number of hydroxylamine groups is 2. The number of nitrogens with zero attached hydrogens (tertiary/aromatic N) is 3. The first-order valence-corrected chi connectivity index (χ1v) is 8.05. The zero-order chi connectivity index (χ0) is 16.8. The maximum absolute atomic E-state index is 11.3. The van der Waals surface area contributed by atoms with Crippen LogP contribution in [0.15, 0.2) is 0 Å². The van der Waals surface area contributed by atoms with E-state index in [2.05, 4.69) is 24.1 Å². The van der Waals surface area contributed by atoms with Crippen molar-refractivity contribution >= 4 is 37.1 Å². The molecule has 1 heterocycles. The molecule has 0 aromatic rings. The second kappa shape index (κ2) is 14.0. The third-order valence-corrected chi connectivity index (χ3v) is 2.76. The van der Waals surface area contributed by atoms with E-state index < -0.39 is 0 Å². The summed E-state index contributed by atoms with van der Waals surface area (Å²) in [6, 6.07) is -0.0336. The van der Waals surface area contributed by atoms with Crippen molar-refractivity contribution in [3.63, 3.8) is 0 Å². The summed E-state index contributed by atoms with van der Waals surface area (Å²) in [5.74, 6) is -0.197. The molecule has 2 atom stereocenters. The lowest BCUT2D eigenvalue weighted by Gasteiger charge is -2.32. The number of amides is 4. The molecule has 21 heavy (non-hydrogen) atoms. The molecule has 0 aromatic heterocycles. The van der Waals surface area contributed by atoms with Gasteiger partial charge in [-0.3, -0.25) is 24.6 Å². The first-order valence-electron chi connectivity index (χ1n) is 6.43. The smallest absolute Gasteiger partial charge is 0.323 e. The van der Waals surface area contributed by atoms with E-state index in [-0.39, 0.29) is 11.9 Å². The molecule has 1 fully saturated rings. The fourth-order valence-electron chi connectivity index (χ4n) is 1.32. The van der Waals surface area contributed by atoms with Crippen LogP contribution in [0.25, 0.3) is 0 Å². The van der Waals surface area contributed by atoms with Gasteiger partial charge in [0.05, 0.1) is 6.54 Å². The molecule has 1 rings (SSSR count). The normalized spacial score (nSPS) is 13.3. The van der Waals surface area contributed by atoms with Gasteiger partial charge in [-0.25, -0.2) is 9.86 Å². The third-order valence-electron chi connectivity index (χ3n) is 2.50. The Morgan fingerprint density at radius 2 is 2.05 bits per heavy atom. The van der Waals surface area contributed by atoms with Gasteiger partial charge in [0.2, 0.25) is 12.3 Å². The molecule has 0 saturated carbocycles. The Morgan fingerprint density at radius 1 is 1.48 bits per heavy atom. The maximum Gasteiger partial charge on any atom is 0.344 e. The van der Waals surface area contributed by atoms with E-state index >= 15 is 0 Å². The molecule has 0 radical (unpaired) electrons. The fraction of sp³-hybridized carbons (Fsp3) is 0.727.